The molecule has 4 nitrogen and oxygen atoms in total. The van der Waals surface area contributed by atoms with Crippen LogP contribution in [0.5, 0.6) is 0 Å². The van der Waals surface area contributed by atoms with Gasteiger partial charge in [0.1, 0.15) is 6.04 Å². The summed E-state index contributed by atoms with van der Waals surface area (Å²) in [6.45, 7) is 9.22. The number of nitrogens with zero attached hydrogens (tertiary/aromatic N) is 1. The van der Waals surface area contributed by atoms with Crippen LogP contribution in [0.4, 0.5) is 0 Å². The van der Waals surface area contributed by atoms with Gasteiger partial charge in [0.15, 0.2) is 0 Å². The second kappa shape index (κ2) is 12.4. The summed E-state index contributed by atoms with van der Waals surface area (Å²) >= 11 is 1.67. The van der Waals surface area contributed by atoms with Crippen LogP contribution in [-0.2, 0) is 16.1 Å². The summed E-state index contributed by atoms with van der Waals surface area (Å²) < 4.78 is 0. The number of carbonyl (C=O) groups excluding carboxylic acids is 2. The van der Waals surface area contributed by atoms with Crippen molar-refractivity contribution in [3.8, 4) is 0 Å². The van der Waals surface area contributed by atoms with Gasteiger partial charge in [0.05, 0.1) is 0 Å². The zero-order chi connectivity index (χ0) is 21.9. The van der Waals surface area contributed by atoms with Gasteiger partial charge < -0.3 is 10.2 Å². The third-order valence-electron chi connectivity index (χ3n) is 4.87. The summed E-state index contributed by atoms with van der Waals surface area (Å²) in [6.07, 6.45) is 0.993. The first kappa shape index (κ1) is 24.0. The number of carbonyl (C=O) groups is 2. The fourth-order valence-corrected chi connectivity index (χ4v) is 4.00. The maximum absolute atomic E-state index is 13.2. The minimum absolute atomic E-state index is 0.0185. The Hall–Kier alpha value is -2.27. The molecule has 0 radical (unpaired) electrons. The van der Waals surface area contributed by atoms with Gasteiger partial charge in [0, 0.05) is 30.2 Å². The van der Waals surface area contributed by atoms with Crippen LogP contribution >= 0.6 is 11.8 Å². The first-order valence-corrected chi connectivity index (χ1v) is 11.7. The predicted molar refractivity (Wildman–Crippen MR) is 125 cm³/mol. The van der Waals surface area contributed by atoms with E-state index in [-0.39, 0.29) is 11.8 Å². The van der Waals surface area contributed by atoms with Gasteiger partial charge in [-0.2, -0.15) is 0 Å². The molecule has 0 bridgehead atoms. The van der Waals surface area contributed by atoms with E-state index in [4.69, 9.17) is 0 Å². The van der Waals surface area contributed by atoms with Crippen molar-refractivity contribution in [2.24, 2.45) is 5.92 Å². The van der Waals surface area contributed by atoms with Crippen LogP contribution in [0.2, 0.25) is 0 Å². The Bertz CT molecular complexity index is 791. The minimum atomic E-state index is -0.458. The lowest BCUT2D eigenvalue weighted by Crippen LogP contribution is -2.49. The summed E-state index contributed by atoms with van der Waals surface area (Å²) in [7, 11) is 0. The van der Waals surface area contributed by atoms with Crippen molar-refractivity contribution in [3.05, 3.63) is 65.7 Å². The van der Waals surface area contributed by atoms with E-state index in [1.165, 1.54) is 5.56 Å². The van der Waals surface area contributed by atoms with E-state index in [2.05, 4.69) is 50.4 Å². The van der Waals surface area contributed by atoms with Gasteiger partial charge >= 0.3 is 0 Å². The van der Waals surface area contributed by atoms with E-state index in [1.54, 1.807) is 16.7 Å². The molecule has 1 N–H and O–H groups in total. The molecule has 2 rings (SSSR count). The molecule has 162 valence electrons. The zero-order valence-electron chi connectivity index (χ0n) is 18.6. The third kappa shape index (κ3) is 7.86. The second-order valence-corrected chi connectivity index (χ2v) is 9.15. The Morgan fingerprint density at radius 1 is 1.03 bits per heavy atom. The lowest BCUT2D eigenvalue weighted by atomic mass is 10.1. The van der Waals surface area contributed by atoms with Crippen LogP contribution in [0.15, 0.2) is 59.5 Å². The molecule has 0 aliphatic rings. The predicted octanol–water partition coefficient (Wildman–Crippen LogP) is 5.06. The first-order chi connectivity index (χ1) is 14.4. The van der Waals surface area contributed by atoms with Gasteiger partial charge in [-0.1, -0.05) is 68.8 Å². The van der Waals surface area contributed by atoms with E-state index >= 15 is 0 Å². The van der Waals surface area contributed by atoms with Crippen LogP contribution in [0, 0.1) is 12.8 Å². The molecule has 0 spiro atoms. The number of amides is 2. The fourth-order valence-electron chi connectivity index (χ4n) is 3.16. The average Bonchev–Trinajstić information content (AvgIpc) is 2.74. The molecule has 1 atom stereocenters. The molecule has 0 aliphatic heterocycles. The van der Waals surface area contributed by atoms with E-state index in [0.717, 1.165) is 10.5 Å². The molecule has 2 amide bonds. The van der Waals surface area contributed by atoms with Crippen LogP contribution in [-0.4, -0.2) is 35.1 Å². The summed E-state index contributed by atoms with van der Waals surface area (Å²) in [5.41, 5.74) is 2.26. The van der Waals surface area contributed by atoms with Crippen molar-refractivity contribution in [1.29, 1.82) is 0 Å². The summed E-state index contributed by atoms with van der Waals surface area (Å²) in [4.78, 5) is 28.9. The molecule has 0 heterocycles. The zero-order valence-corrected chi connectivity index (χ0v) is 19.4. The Kier molecular flexibility index (Phi) is 9.95. The third-order valence-corrected chi connectivity index (χ3v) is 5.89. The van der Waals surface area contributed by atoms with E-state index < -0.39 is 6.04 Å². The Balaban J connectivity index is 2.07. The van der Waals surface area contributed by atoms with Crippen molar-refractivity contribution >= 4 is 23.6 Å². The lowest BCUT2D eigenvalue weighted by molar-refractivity contribution is -0.141. The van der Waals surface area contributed by atoms with Crippen LogP contribution < -0.4 is 5.32 Å². The second-order valence-electron chi connectivity index (χ2n) is 7.98. The summed E-state index contributed by atoms with van der Waals surface area (Å²) in [5, 5.41) is 3.00. The molecule has 0 fully saturated rings. The van der Waals surface area contributed by atoms with Crippen LogP contribution in [0.25, 0.3) is 0 Å². The SMILES string of the molecule is CCC(C(=O)NCC(C)C)N(Cc1ccccc1)C(=O)CCSc1ccc(C)cc1. The van der Waals surface area contributed by atoms with Crippen molar-refractivity contribution in [2.45, 2.75) is 58.0 Å². The maximum Gasteiger partial charge on any atom is 0.242 e. The molecule has 0 saturated carbocycles. The number of aryl methyl sites for hydroxylation is 1. The van der Waals surface area contributed by atoms with Gasteiger partial charge in [-0.3, -0.25) is 9.59 Å². The molecule has 0 aliphatic carbocycles. The van der Waals surface area contributed by atoms with E-state index in [0.29, 0.717) is 37.6 Å². The summed E-state index contributed by atoms with van der Waals surface area (Å²) in [5.74, 6) is 1.01. The highest BCUT2D eigenvalue weighted by molar-refractivity contribution is 7.99. The average molecular weight is 427 g/mol. The Morgan fingerprint density at radius 2 is 1.70 bits per heavy atom. The number of hydrogen-bond acceptors (Lipinski definition) is 3. The van der Waals surface area contributed by atoms with Crippen molar-refractivity contribution in [1.82, 2.24) is 10.2 Å². The highest BCUT2D eigenvalue weighted by Crippen LogP contribution is 2.21. The number of thioether (sulfide) groups is 1. The molecular weight excluding hydrogens is 392 g/mol. The maximum atomic E-state index is 13.2. The molecule has 1 unspecified atom stereocenters. The van der Waals surface area contributed by atoms with Gasteiger partial charge in [0.25, 0.3) is 0 Å². The van der Waals surface area contributed by atoms with Gasteiger partial charge in [-0.25, -0.2) is 0 Å². The van der Waals surface area contributed by atoms with E-state index in [9.17, 15) is 9.59 Å². The Morgan fingerprint density at radius 3 is 2.30 bits per heavy atom. The highest BCUT2D eigenvalue weighted by atomic mass is 32.2. The number of nitrogens with one attached hydrogen (secondary N) is 1. The van der Waals surface area contributed by atoms with E-state index in [1.807, 2.05) is 37.3 Å². The van der Waals surface area contributed by atoms with Crippen molar-refractivity contribution < 1.29 is 9.59 Å². The largest absolute Gasteiger partial charge is 0.354 e. The molecule has 0 saturated heterocycles. The number of rotatable bonds is 11. The van der Waals surface area contributed by atoms with Gasteiger partial charge in [-0.15, -0.1) is 11.8 Å². The normalized spacial score (nSPS) is 11.9. The molecule has 2 aromatic carbocycles. The van der Waals surface area contributed by atoms with Crippen molar-refractivity contribution in [3.63, 3.8) is 0 Å². The highest BCUT2D eigenvalue weighted by Gasteiger charge is 2.28. The smallest absolute Gasteiger partial charge is 0.242 e. The molecule has 5 heteroatoms. The van der Waals surface area contributed by atoms with Gasteiger partial charge in [-0.05, 0) is 37.0 Å². The monoisotopic (exact) mass is 426 g/mol. The topological polar surface area (TPSA) is 49.4 Å². The number of hydrogen-bond donors (Lipinski definition) is 1. The quantitative estimate of drug-likeness (QED) is 0.511. The molecular formula is C25H34N2O2S. The lowest BCUT2D eigenvalue weighted by Gasteiger charge is -2.31. The van der Waals surface area contributed by atoms with Crippen LogP contribution in [0.3, 0.4) is 0 Å². The van der Waals surface area contributed by atoms with Crippen molar-refractivity contribution in [2.75, 3.05) is 12.3 Å². The fraction of sp³-hybridized carbons (Fsp3) is 0.440. The van der Waals surface area contributed by atoms with Gasteiger partial charge in [0.2, 0.25) is 11.8 Å². The standard InChI is InChI=1S/C25H34N2O2S/c1-5-23(25(29)26-17-19(2)3)27(18-21-9-7-6-8-10-21)24(28)15-16-30-22-13-11-20(4)12-14-22/h6-14,19,23H,5,15-18H2,1-4H3,(H,26,29). The minimum Gasteiger partial charge on any atom is -0.354 e. The molecule has 2 aromatic rings. The summed E-state index contributed by atoms with van der Waals surface area (Å²) in [6, 6.07) is 17.8. The van der Waals surface area contributed by atoms with Crippen LogP contribution in [0.1, 0.15) is 44.7 Å². The number of benzene rings is 2. The molecule has 0 aromatic heterocycles. The Labute approximate surface area is 185 Å². The first-order valence-electron chi connectivity index (χ1n) is 10.7. The molecule has 30 heavy (non-hydrogen) atoms.